The van der Waals surface area contributed by atoms with Crippen LogP contribution in [0.15, 0.2) is 35.5 Å². The van der Waals surface area contributed by atoms with E-state index in [0.29, 0.717) is 37.4 Å². The van der Waals surface area contributed by atoms with Crippen molar-refractivity contribution in [2.24, 2.45) is 13.0 Å². The van der Waals surface area contributed by atoms with Gasteiger partial charge in [-0.25, -0.2) is 8.42 Å². The van der Waals surface area contributed by atoms with Crippen LogP contribution in [-0.4, -0.2) is 41.5 Å². The SMILES string of the molecule is Cn1cc(CNC(=O)C2CCN(S(=O)(=O)c3ccc4c(c3)CCC4)CC2)cn1. The van der Waals surface area contributed by atoms with Gasteiger partial charge in [0.05, 0.1) is 11.1 Å². The number of amides is 1. The van der Waals surface area contributed by atoms with Crippen LogP contribution in [0.3, 0.4) is 0 Å². The van der Waals surface area contributed by atoms with E-state index in [0.717, 1.165) is 30.4 Å². The fourth-order valence-corrected chi connectivity index (χ4v) is 5.63. The number of nitrogens with zero attached hydrogens (tertiary/aromatic N) is 3. The first-order valence-corrected chi connectivity index (χ1v) is 11.2. The predicted molar refractivity (Wildman–Crippen MR) is 105 cm³/mol. The van der Waals surface area contributed by atoms with Gasteiger partial charge in [0.15, 0.2) is 0 Å². The zero-order chi connectivity index (χ0) is 19.7. The second kappa shape index (κ2) is 7.67. The molecular weight excluding hydrogens is 376 g/mol. The molecule has 1 N–H and O–H groups in total. The van der Waals surface area contributed by atoms with Crippen molar-refractivity contribution in [3.8, 4) is 0 Å². The number of aromatic nitrogens is 2. The molecule has 1 amide bonds. The highest BCUT2D eigenvalue weighted by atomic mass is 32.2. The van der Waals surface area contributed by atoms with Crippen LogP contribution in [0, 0.1) is 5.92 Å². The molecular formula is C20H26N4O3S. The van der Waals surface area contributed by atoms with Gasteiger partial charge in [0.25, 0.3) is 0 Å². The first-order valence-electron chi connectivity index (χ1n) is 9.80. The number of piperidine rings is 1. The second-order valence-electron chi connectivity index (χ2n) is 7.70. The fraction of sp³-hybridized carbons (Fsp3) is 0.500. The molecule has 150 valence electrons. The van der Waals surface area contributed by atoms with Crippen molar-refractivity contribution in [1.82, 2.24) is 19.4 Å². The third kappa shape index (κ3) is 3.84. The Morgan fingerprint density at radius 1 is 1.21 bits per heavy atom. The molecule has 1 aliphatic carbocycles. The fourth-order valence-electron chi connectivity index (χ4n) is 4.11. The summed E-state index contributed by atoms with van der Waals surface area (Å²) < 4.78 is 29.2. The summed E-state index contributed by atoms with van der Waals surface area (Å²) in [5.74, 6) is -0.165. The molecule has 0 bridgehead atoms. The highest BCUT2D eigenvalue weighted by Gasteiger charge is 2.32. The zero-order valence-corrected chi connectivity index (χ0v) is 16.9. The summed E-state index contributed by atoms with van der Waals surface area (Å²) in [5.41, 5.74) is 3.38. The minimum Gasteiger partial charge on any atom is -0.352 e. The maximum absolute atomic E-state index is 13.0. The van der Waals surface area contributed by atoms with E-state index in [-0.39, 0.29) is 11.8 Å². The lowest BCUT2D eigenvalue weighted by Crippen LogP contribution is -2.42. The molecule has 1 fully saturated rings. The average Bonchev–Trinajstić information content (AvgIpc) is 3.34. The van der Waals surface area contributed by atoms with E-state index in [2.05, 4.69) is 10.4 Å². The van der Waals surface area contributed by atoms with E-state index in [1.165, 1.54) is 9.87 Å². The number of benzene rings is 1. The number of rotatable bonds is 5. The molecule has 0 radical (unpaired) electrons. The first kappa shape index (κ1) is 19.1. The molecule has 7 nitrogen and oxygen atoms in total. The van der Waals surface area contributed by atoms with Crippen LogP contribution in [0.5, 0.6) is 0 Å². The Hall–Kier alpha value is -2.19. The molecule has 2 heterocycles. The summed E-state index contributed by atoms with van der Waals surface area (Å²) in [6, 6.07) is 5.52. The maximum atomic E-state index is 13.0. The number of fused-ring (bicyclic) bond motifs is 1. The predicted octanol–water partition coefficient (Wildman–Crippen LogP) is 1.63. The Morgan fingerprint density at radius 2 is 1.96 bits per heavy atom. The van der Waals surface area contributed by atoms with E-state index < -0.39 is 10.0 Å². The monoisotopic (exact) mass is 402 g/mol. The third-order valence-electron chi connectivity index (χ3n) is 5.76. The Bertz CT molecular complexity index is 975. The molecule has 1 saturated heterocycles. The number of sulfonamides is 1. The van der Waals surface area contributed by atoms with Gasteiger partial charge in [0, 0.05) is 44.4 Å². The van der Waals surface area contributed by atoms with Crippen molar-refractivity contribution in [2.75, 3.05) is 13.1 Å². The van der Waals surface area contributed by atoms with E-state index >= 15 is 0 Å². The van der Waals surface area contributed by atoms with Crippen molar-refractivity contribution in [2.45, 2.75) is 43.5 Å². The average molecular weight is 403 g/mol. The lowest BCUT2D eigenvalue weighted by molar-refractivity contribution is -0.126. The van der Waals surface area contributed by atoms with E-state index in [9.17, 15) is 13.2 Å². The summed E-state index contributed by atoms with van der Waals surface area (Å²) in [6.45, 7) is 1.20. The molecule has 0 spiro atoms. The van der Waals surface area contributed by atoms with Gasteiger partial charge in [0.1, 0.15) is 0 Å². The van der Waals surface area contributed by atoms with Gasteiger partial charge in [-0.2, -0.15) is 9.40 Å². The van der Waals surface area contributed by atoms with Gasteiger partial charge < -0.3 is 5.32 Å². The molecule has 4 rings (SSSR count). The molecule has 28 heavy (non-hydrogen) atoms. The van der Waals surface area contributed by atoms with Crippen LogP contribution in [0.4, 0.5) is 0 Å². The second-order valence-corrected chi connectivity index (χ2v) is 9.64. The molecule has 2 aromatic rings. The van der Waals surface area contributed by atoms with Crippen molar-refractivity contribution in [3.05, 3.63) is 47.3 Å². The minimum absolute atomic E-state index is 0.0153. The van der Waals surface area contributed by atoms with Gasteiger partial charge in [-0.3, -0.25) is 9.48 Å². The molecule has 2 aliphatic rings. The minimum atomic E-state index is -3.49. The maximum Gasteiger partial charge on any atom is 0.243 e. The summed E-state index contributed by atoms with van der Waals surface area (Å²) >= 11 is 0. The van der Waals surface area contributed by atoms with Crippen molar-refractivity contribution in [1.29, 1.82) is 0 Å². The van der Waals surface area contributed by atoms with Crippen LogP contribution >= 0.6 is 0 Å². The lowest BCUT2D eigenvalue weighted by atomic mass is 9.97. The van der Waals surface area contributed by atoms with Crippen molar-refractivity contribution in [3.63, 3.8) is 0 Å². The lowest BCUT2D eigenvalue weighted by Gasteiger charge is -2.30. The number of nitrogens with one attached hydrogen (secondary N) is 1. The van der Waals surface area contributed by atoms with Crippen molar-refractivity contribution < 1.29 is 13.2 Å². The van der Waals surface area contributed by atoms with Crippen molar-refractivity contribution >= 4 is 15.9 Å². The molecule has 8 heteroatoms. The Balaban J connectivity index is 1.34. The normalized spacial score (nSPS) is 18.2. The van der Waals surface area contributed by atoms with Gasteiger partial charge >= 0.3 is 0 Å². The van der Waals surface area contributed by atoms with Gasteiger partial charge in [-0.05, 0) is 55.4 Å². The topological polar surface area (TPSA) is 84.3 Å². The summed E-state index contributed by atoms with van der Waals surface area (Å²) in [7, 11) is -1.66. The van der Waals surface area contributed by atoms with E-state index in [1.807, 2.05) is 25.4 Å². The highest BCUT2D eigenvalue weighted by Crippen LogP contribution is 2.28. The van der Waals surface area contributed by atoms with E-state index in [4.69, 9.17) is 0 Å². The quantitative estimate of drug-likeness (QED) is 0.824. The number of hydrogen-bond donors (Lipinski definition) is 1. The van der Waals surface area contributed by atoms with E-state index in [1.54, 1.807) is 16.9 Å². The smallest absolute Gasteiger partial charge is 0.243 e. The Kier molecular flexibility index (Phi) is 5.25. The van der Waals surface area contributed by atoms with Gasteiger partial charge in [-0.1, -0.05) is 6.07 Å². The van der Waals surface area contributed by atoms with Gasteiger partial charge in [-0.15, -0.1) is 0 Å². The van der Waals surface area contributed by atoms with Crippen LogP contribution < -0.4 is 5.32 Å². The largest absolute Gasteiger partial charge is 0.352 e. The van der Waals surface area contributed by atoms with Crippen LogP contribution in [0.2, 0.25) is 0 Å². The molecule has 0 unspecified atom stereocenters. The summed E-state index contributed by atoms with van der Waals surface area (Å²) in [4.78, 5) is 12.8. The van der Waals surface area contributed by atoms with Crippen LogP contribution in [0.25, 0.3) is 0 Å². The first-order chi connectivity index (χ1) is 13.4. The summed E-state index contributed by atoms with van der Waals surface area (Å²) in [5, 5.41) is 7.02. The Labute approximate surface area is 165 Å². The van der Waals surface area contributed by atoms with Crippen LogP contribution in [-0.2, 0) is 41.3 Å². The molecule has 0 atom stereocenters. The summed E-state index contributed by atoms with van der Waals surface area (Å²) in [6.07, 6.45) is 7.77. The van der Waals surface area contributed by atoms with Crippen LogP contribution in [0.1, 0.15) is 36.0 Å². The molecule has 1 aromatic heterocycles. The number of aryl methyl sites for hydroxylation is 3. The zero-order valence-electron chi connectivity index (χ0n) is 16.1. The Morgan fingerprint density at radius 3 is 2.68 bits per heavy atom. The third-order valence-corrected chi connectivity index (χ3v) is 7.65. The standard InChI is InChI=1S/C20H26N4O3S/c1-23-14-15(13-22-23)12-21-20(25)17-7-9-24(10-8-17)28(26,27)19-6-5-16-3-2-4-18(16)11-19/h5-6,11,13-14,17H,2-4,7-10,12H2,1H3,(H,21,25). The number of hydrogen-bond acceptors (Lipinski definition) is 4. The molecule has 1 aromatic carbocycles. The molecule has 1 aliphatic heterocycles. The van der Waals surface area contributed by atoms with Gasteiger partial charge in [0.2, 0.25) is 15.9 Å². The molecule has 0 saturated carbocycles. The number of carbonyl (C=O) groups is 1. The number of carbonyl (C=O) groups excluding carboxylic acids is 1. The highest BCUT2D eigenvalue weighted by molar-refractivity contribution is 7.89.